The summed E-state index contributed by atoms with van der Waals surface area (Å²) in [6.45, 7) is 0.376. The highest BCUT2D eigenvalue weighted by atomic mass is 16.5. The zero-order chi connectivity index (χ0) is 19.8. The Morgan fingerprint density at radius 2 is 1.71 bits per heavy atom. The number of hydrogen-bond acceptors (Lipinski definition) is 6. The molecule has 1 amide bonds. The molecule has 0 spiro atoms. The minimum atomic E-state index is -0.212. The molecule has 0 atom stereocenters. The fraction of sp³-hybridized carbons (Fsp3) is 0.476. The Balaban J connectivity index is 1.54. The quantitative estimate of drug-likeness (QED) is 0.710. The maximum absolute atomic E-state index is 12.4. The monoisotopic (exact) mass is 384 g/mol. The molecular formula is C21H28N4O3. The molecule has 28 heavy (non-hydrogen) atoms. The summed E-state index contributed by atoms with van der Waals surface area (Å²) in [4.78, 5) is 21.0. The number of carbonyl (C=O) groups is 1. The van der Waals surface area contributed by atoms with E-state index in [0.29, 0.717) is 35.6 Å². The van der Waals surface area contributed by atoms with E-state index >= 15 is 0 Å². The van der Waals surface area contributed by atoms with E-state index in [1.807, 2.05) is 18.2 Å². The van der Waals surface area contributed by atoms with Crippen LogP contribution in [0.25, 0.3) is 0 Å². The van der Waals surface area contributed by atoms with Gasteiger partial charge in [0.1, 0.15) is 0 Å². The SMILES string of the molecule is COc1ccc(CNC(=O)c2cnc(NC3CCCCCC3)nc2)cc1OC. The van der Waals surface area contributed by atoms with Crippen LogP contribution in [-0.2, 0) is 6.54 Å². The van der Waals surface area contributed by atoms with Gasteiger partial charge in [-0.05, 0) is 30.5 Å². The first-order valence-electron chi connectivity index (χ1n) is 9.77. The number of rotatable bonds is 7. The van der Waals surface area contributed by atoms with Crippen molar-refractivity contribution in [1.29, 1.82) is 0 Å². The third-order valence-electron chi connectivity index (χ3n) is 5.00. The maximum Gasteiger partial charge on any atom is 0.254 e. The molecule has 1 aliphatic rings. The molecule has 1 saturated carbocycles. The van der Waals surface area contributed by atoms with E-state index in [1.165, 1.54) is 25.7 Å². The Morgan fingerprint density at radius 3 is 2.36 bits per heavy atom. The van der Waals surface area contributed by atoms with Crippen molar-refractivity contribution in [3.63, 3.8) is 0 Å². The van der Waals surface area contributed by atoms with Gasteiger partial charge in [-0.15, -0.1) is 0 Å². The Kier molecular flexibility index (Phi) is 7.06. The average Bonchev–Trinajstić information content (AvgIpc) is 3.01. The number of methoxy groups -OCH3 is 2. The van der Waals surface area contributed by atoms with Gasteiger partial charge in [-0.3, -0.25) is 4.79 Å². The third-order valence-corrected chi connectivity index (χ3v) is 5.00. The van der Waals surface area contributed by atoms with Crippen LogP contribution in [0.1, 0.15) is 54.4 Å². The number of nitrogens with zero attached hydrogens (tertiary/aromatic N) is 2. The van der Waals surface area contributed by atoms with Crippen molar-refractivity contribution in [2.75, 3.05) is 19.5 Å². The Hall–Kier alpha value is -2.83. The third kappa shape index (κ3) is 5.34. The molecule has 0 aliphatic heterocycles. The Labute approximate surface area is 165 Å². The molecule has 0 unspecified atom stereocenters. The summed E-state index contributed by atoms with van der Waals surface area (Å²) in [6.07, 6.45) is 10.5. The van der Waals surface area contributed by atoms with E-state index in [-0.39, 0.29) is 5.91 Å². The van der Waals surface area contributed by atoms with Gasteiger partial charge in [0.25, 0.3) is 5.91 Å². The predicted molar refractivity (Wildman–Crippen MR) is 108 cm³/mol. The second-order valence-electron chi connectivity index (χ2n) is 7.00. The molecule has 1 heterocycles. The van der Waals surface area contributed by atoms with Crippen molar-refractivity contribution in [3.05, 3.63) is 41.7 Å². The van der Waals surface area contributed by atoms with Crippen LogP contribution < -0.4 is 20.1 Å². The van der Waals surface area contributed by atoms with E-state index in [1.54, 1.807) is 26.6 Å². The summed E-state index contributed by atoms with van der Waals surface area (Å²) >= 11 is 0. The van der Waals surface area contributed by atoms with E-state index in [2.05, 4.69) is 20.6 Å². The number of benzene rings is 1. The number of amides is 1. The van der Waals surface area contributed by atoms with Gasteiger partial charge in [0.05, 0.1) is 19.8 Å². The lowest BCUT2D eigenvalue weighted by Crippen LogP contribution is -2.24. The molecule has 0 saturated heterocycles. The molecule has 2 N–H and O–H groups in total. The van der Waals surface area contributed by atoms with Crippen LogP contribution in [-0.4, -0.2) is 36.1 Å². The lowest BCUT2D eigenvalue weighted by molar-refractivity contribution is 0.0950. The molecule has 1 aromatic carbocycles. The van der Waals surface area contributed by atoms with Gasteiger partial charge in [0, 0.05) is 25.0 Å². The zero-order valence-electron chi connectivity index (χ0n) is 16.5. The molecule has 3 rings (SSSR count). The summed E-state index contributed by atoms with van der Waals surface area (Å²) < 4.78 is 10.5. The highest BCUT2D eigenvalue weighted by molar-refractivity contribution is 5.93. The van der Waals surface area contributed by atoms with Crippen LogP contribution in [0.4, 0.5) is 5.95 Å². The van der Waals surface area contributed by atoms with Crippen molar-refractivity contribution >= 4 is 11.9 Å². The van der Waals surface area contributed by atoms with Crippen LogP contribution in [0.2, 0.25) is 0 Å². The van der Waals surface area contributed by atoms with Crippen LogP contribution in [0.15, 0.2) is 30.6 Å². The van der Waals surface area contributed by atoms with Crippen molar-refractivity contribution < 1.29 is 14.3 Å². The molecule has 2 aromatic rings. The van der Waals surface area contributed by atoms with E-state index in [0.717, 1.165) is 18.4 Å². The second-order valence-corrected chi connectivity index (χ2v) is 7.00. The Morgan fingerprint density at radius 1 is 1.04 bits per heavy atom. The first kappa shape index (κ1) is 19.9. The van der Waals surface area contributed by atoms with Gasteiger partial charge < -0.3 is 20.1 Å². The lowest BCUT2D eigenvalue weighted by atomic mass is 10.1. The minimum Gasteiger partial charge on any atom is -0.493 e. The highest BCUT2D eigenvalue weighted by Crippen LogP contribution is 2.27. The van der Waals surface area contributed by atoms with E-state index in [9.17, 15) is 4.79 Å². The number of nitrogens with one attached hydrogen (secondary N) is 2. The largest absolute Gasteiger partial charge is 0.493 e. The molecule has 0 radical (unpaired) electrons. The standard InChI is InChI=1S/C21H28N4O3/c1-27-18-10-9-15(11-19(18)28-2)12-22-20(26)16-13-23-21(24-14-16)25-17-7-5-3-4-6-8-17/h9-11,13-14,17H,3-8,12H2,1-2H3,(H,22,26)(H,23,24,25). The number of anilines is 1. The fourth-order valence-electron chi connectivity index (χ4n) is 3.40. The lowest BCUT2D eigenvalue weighted by Gasteiger charge is -2.16. The number of hydrogen-bond donors (Lipinski definition) is 2. The fourth-order valence-corrected chi connectivity index (χ4v) is 3.40. The second kappa shape index (κ2) is 9.92. The van der Waals surface area contributed by atoms with Gasteiger partial charge in [0.15, 0.2) is 11.5 Å². The molecule has 7 heteroatoms. The number of aromatic nitrogens is 2. The average molecular weight is 384 g/mol. The molecule has 1 fully saturated rings. The van der Waals surface area contributed by atoms with Crippen molar-refractivity contribution in [2.45, 2.75) is 51.1 Å². The molecule has 1 aliphatic carbocycles. The van der Waals surface area contributed by atoms with E-state index < -0.39 is 0 Å². The summed E-state index contributed by atoms with van der Waals surface area (Å²) in [6, 6.07) is 5.97. The predicted octanol–water partition coefficient (Wildman–Crippen LogP) is 3.56. The topological polar surface area (TPSA) is 85.4 Å². The zero-order valence-corrected chi connectivity index (χ0v) is 16.5. The van der Waals surface area contributed by atoms with Crippen molar-refractivity contribution in [2.24, 2.45) is 0 Å². The minimum absolute atomic E-state index is 0.212. The van der Waals surface area contributed by atoms with Gasteiger partial charge in [0.2, 0.25) is 5.95 Å². The van der Waals surface area contributed by atoms with Crippen molar-refractivity contribution in [3.8, 4) is 11.5 Å². The number of ether oxygens (including phenoxy) is 2. The van der Waals surface area contributed by atoms with Crippen LogP contribution in [0.3, 0.4) is 0 Å². The van der Waals surface area contributed by atoms with Crippen LogP contribution in [0.5, 0.6) is 11.5 Å². The molecule has 0 bridgehead atoms. The van der Waals surface area contributed by atoms with E-state index in [4.69, 9.17) is 9.47 Å². The van der Waals surface area contributed by atoms with Crippen LogP contribution in [0, 0.1) is 0 Å². The van der Waals surface area contributed by atoms with Gasteiger partial charge in [-0.1, -0.05) is 31.7 Å². The molecular weight excluding hydrogens is 356 g/mol. The van der Waals surface area contributed by atoms with Gasteiger partial charge in [-0.2, -0.15) is 0 Å². The first-order chi connectivity index (χ1) is 13.7. The van der Waals surface area contributed by atoms with Crippen LogP contribution >= 0.6 is 0 Å². The maximum atomic E-state index is 12.4. The smallest absolute Gasteiger partial charge is 0.254 e. The Bertz CT molecular complexity index is 772. The first-order valence-corrected chi connectivity index (χ1v) is 9.77. The summed E-state index contributed by atoms with van der Waals surface area (Å²) in [5.41, 5.74) is 1.35. The van der Waals surface area contributed by atoms with Gasteiger partial charge >= 0.3 is 0 Å². The number of carbonyl (C=O) groups excluding carboxylic acids is 1. The molecule has 150 valence electrons. The molecule has 7 nitrogen and oxygen atoms in total. The normalized spacial score (nSPS) is 14.8. The van der Waals surface area contributed by atoms with Gasteiger partial charge in [-0.25, -0.2) is 9.97 Å². The van der Waals surface area contributed by atoms with Crippen molar-refractivity contribution in [1.82, 2.24) is 15.3 Å². The summed E-state index contributed by atoms with van der Waals surface area (Å²) in [7, 11) is 3.18. The summed E-state index contributed by atoms with van der Waals surface area (Å²) in [5, 5.41) is 6.27. The molecule has 1 aromatic heterocycles. The highest BCUT2D eigenvalue weighted by Gasteiger charge is 2.14. The summed E-state index contributed by atoms with van der Waals surface area (Å²) in [5.74, 6) is 1.66.